The summed E-state index contributed by atoms with van der Waals surface area (Å²) < 4.78 is 44.6. The fourth-order valence-corrected chi connectivity index (χ4v) is 2.05. The van der Waals surface area contributed by atoms with Crippen molar-refractivity contribution in [3.63, 3.8) is 0 Å². The van der Waals surface area contributed by atoms with Crippen molar-refractivity contribution in [3.05, 3.63) is 29.3 Å². The van der Waals surface area contributed by atoms with Crippen LogP contribution in [0.15, 0.2) is 18.2 Å². The summed E-state index contributed by atoms with van der Waals surface area (Å²) >= 11 is 0. The van der Waals surface area contributed by atoms with Crippen LogP contribution in [0, 0.1) is 0 Å². The van der Waals surface area contributed by atoms with Crippen molar-refractivity contribution in [2.24, 2.45) is 0 Å². The van der Waals surface area contributed by atoms with Gasteiger partial charge in [-0.25, -0.2) is 0 Å². The molecule has 1 rings (SSSR count). The van der Waals surface area contributed by atoms with E-state index in [0.29, 0.717) is 31.8 Å². The molecule has 1 aromatic rings. The lowest BCUT2D eigenvalue weighted by Gasteiger charge is -2.26. The van der Waals surface area contributed by atoms with Gasteiger partial charge in [-0.1, -0.05) is 6.07 Å². The summed E-state index contributed by atoms with van der Waals surface area (Å²) in [5, 5.41) is 2.86. The number of ether oxygens (including phenoxy) is 1. The highest BCUT2D eigenvalue weighted by atomic mass is 19.4. The third kappa shape index (κ3) is 4.38. The molecule has 0 unspecified atom stereocenters. The van der Waals surface area contributed by atoms with Gasteiger partial charge in [-0.15, -0.1) is 0 Å². The topological polar surface area (TPSA) is 24.5 Å². The van der Waals surface area contributed by atoms with Gasteiger partial charge < -0.3 is 15.0 Å². The van der Waals surface area contributed by atoms with Crippen molar-refractivity contribution >= 4 is 5.69 Å². The van der Waals surface area contributed by atoms with Crippen LogP contribution in [-0.2, 0) is 17.5 Å². The summed E-state index contributed by atoms with van der Waals surface area (Å²) in [4.78, 5) is 1.68. The molecule has 1 aromatic carbocycles. The van der Waals surface area contributed by atoms with Gasteiger partial charge in [-0.3, -0.25) is 0 Å². The molecule has 1 N–H and O–H groups in total. The Bertz CT molecular complexity index is 421. The van der Waals surface area contributed by atoms with Gasteiger partial charge in [0.05, 0.1) is 12.2 Å². The molecule has 0 aliphatic carbocycles. The zero-order chi connectivity index (χ0) is 15.2. The second-order valence-corrected chi connectivity index (χ2v) is 4.45. The molecular weight excluding hydrogens is 269 g/mol. The van der Waals surface area contributed by atoms with Gasteiger partial charge in [0, 0.05) is 32.4 Å². The van der Waals surface area contributed by atoms with Gasteiger partial charge in [0.15, 0.2) is 0 Å². The number of methoxy groups -OCH3 is 1. The summed E-state index contributed by atoms with van der Waals surface area (Å²) in [6, 6.07) is 4.46. The lowest BCUT2D eigenvalue weighted by atomic mass is 10.1. The number of anilines is 1. The number of nitrogens with one attached hydrogen (secondary N) is 1. The fourth-order valence-electron chi connectivity index (χ4n) is 2.05. The molecule has 0 saturated carbocycles. The first-order valence-corrected chi connectivity index (χ1v) is 6.52. The van der Waals surface area contributed by atoms with E-state index in [9.17, 15) is 13.2 Å². The number of alkyl halides is 3. The second-order valence-electron chi connectivity index (χ2n) is 4.45. The van der Waals surface area contributed by atoms with Crippen molar-refractivity contribution in [1.29, 1.82) is 0 Å². The van der Waals surface area contributed by atoms with Crippen molar-refractivity contribution in [3.8, 4) is 0 Å². The van der Waals surface area contributed by atoms with Crippen LogP contribution < -0.4 is 10.2 Å². The Morgan fingerprint density at radius 1 is 1.30 bits per heavy atom. The van der Waals surface area contributed by atoms with Crippen LogP contribution in [-0.4, -0.2) is 33.9 Å². The third-order valence-corrected chi connectivity index (χ3v) is 3.04. The molecule has 0 amide bonds. The summed E-state index contributed by atoms with van der Waals surface area (Å²) in [5.74, 6) is 0. The molecule has 0 radical (unpaired) electrons. The van der Waals surface area contributed by atoms with Crippen LogP contribution >= 0.6 is 0 Å². The summed E-state index contributed by atoms with van der Waals surface area (Å²) in [6.07, 6.45) is -4.36. The molecule has 6 heteroatoms. The van der Waals surface area contributed by atoms with Crippen molar-refractivity contribution < 1.29 is 17.9 Å². The van der Waals surface area contributed by atoms with Gasteiger partial charge in [0.25, 0.3) is 0 Å². The smallest absolute Gasteiger partial charge is 0.383 e. The molecule has 0 aliphatic heterocycles. The van der Waals surface area contributed by atoms with E-state index >= 15 is 0 Å². The van der Waals surface area contributed by atoms with E-state index in [1.807, 2.05) is 6.92 Å². The van der Waals surface area contributed by atoms with E-state index in [0.717, 1.165) is 0 Å². The molecule has 0 atom stereocenters. The predicted octanol–water partition coefficient (Wildman–Crippen LogP) is 2.90. The number of likely N-dealkylation sites (N-methyl/N-ethyl adjacent to an activating group) is 1. The minimum absolute atomic E-state index is 0.205. The predicted molar refractivity (Wildman–Crippen MR) is 74.0 cm³/mol. The Kier molecular flexibility index (Phi) is 6.29. The van der Waals surface area contributed by atoms with Crippen LogP contribution in [0.1, 0.15) is 18.1 Å². The number of benzene rings is 1. The Morgan fingerprint density at radius 2 is 2.00 bits per heavy atom. The standard InChI is InChI=1S/C14H21F3N2O/c1-4-19(7-8-20-3)13-6-5-11(10-18-2)9-12(13)14(15,16)17/h5-6,9,18H,4,7-8,10H2,1-3H3. The van der Waals surface area contributed by atoms with Gasteiger partial charge in [-0.2, -0.15) is 13.2 Å². The number of rotatable bonds is 7. The van der Waals surface area contributed by atoms with E-state index < -0.39 is 11.7 Å². The molecule has 0 heterocycles. The Balaban J connectivity index is 3.16. The van der Waals surface area contributed by atoms with Gasteiger partial charge in [-0.05, 0) is 31.7 Å². The number of halogens is 3. The lowest BCUT2D eigenvalue weighted by molar-refractivity contribution is -0.137. The number of hydrogen-bond donors (Lipinski definition) is 1. The molecule has 0 saturated heterocycles. The van der Waals surface area contributed by atoms with E-state index in [4.69, 9.17) is 4.74 Å². The first-order valence-electron chi connectivity index (χ1n) is 6.52. The largest absolute Gasteiger partial charge is 0.418 e. The minimum atomic E-state index is -4.36. The lowest BCUT2D eigenvalue weighted by Crippen LogP contribution is -2.29. The number of hydrogen-bond acceptors (Lipinski definition) is 3. The minimum Gasteiger partial charge on any atom is -0.383 e. The highest BCUT2D eigenvalue weighted by molar-refractivity contribution is 5.56. The number of nitrogens with zero attached hydrogens (tertiary/aromatic N) is 1. The molecule has 3 nitrogen and oxygen atoms in total. The van der Waals surface area contributed by atoms with E-state index in [1.54, 1.807) is 18.0 Å². The van der Waals surface area contributed by atoms with Crippen LogP contribution in [0.4, 0.5) is 18.9 Å². The van der Waals surface area contributed by atoms with E-state index in [-0.39, 0.29) is 5.69 Å². The highest BCUT2D eigenvalue weighted by Gasteiger charge is 2.34. The SMILES string of the molecule is CCN(CCOC)c1ccc(CNC)cc1C(F)(F)F. The average molecular weight is 290 g/mol. The summed E-state index contributed by atoms with van der Waals surface area (Å²) in [5.41, 5.74) is 0.228. The summed E-state index contributed by atoms with van der Waals surface area (Å²) in [6.45, 7) is 3.56. The Morgan fingerprint density at radius 3 is 2.50 bits per heavy atom. The maximum absolute atomic E-state index is 13.2. The van der Waals surface area contributed by atoms with Crippen molar-refractivity contribution in [1.82, 2.24) is 5.32 Å². The zero-order valence-electron chi connectivity index (χ0n) is 12.0. The van der Waals surface area contributed by atoms with Crippen LogP contribution in [0.25, 0.3) is 0 Å². The van der Waals surface area contributed by atoms with Gasteiger partial charge in [0.2, 0.25) is 0 Å². The van der Waals surface area contributed by atoms with Crippen LogP contribution in [0.3, 0.4) is 0 Å². The quantitative estimate of drug-likeness (QED) is 0.835. The molecule has 114 valence electrons. The highest BCUT2D eigenvalue weighted by Crippen LogP contribution is 2.37. The molecule has 0 aliphatic rings. The van der Waals surface area contributed by atoms with Gasteiger partial charge >= 0.3 is 6.18 Å². The maximum Gasteiger partial charge on any atom is 0.418 e. The monoisotopic (exact) mass is 290 g/mol. The fraction of sp³-hybridized carbons (Fsp3) is 0.571. The van der Waals surface area contributed by atoms with Gasteiger partial charge in [0.1, 0.15) is 0 Å². The van der Waals surface area contributed by atoms with Crippen LogP contribution in [0.2, 0.25) is 0 Å². The first-order chi connectivity index (χ1) is 9.43. The normalized spacial score (nSPS) is 11.7. The molecule has 0 bridgehead atoms. The summed E-state index contributed by atoms with van der Waals surface area (Å²) in [7, 11) is 3.24. The van der Waals surface area contributed by atoms with E-state index in [2.05, 4.69) is 5.32 Å². The third-order valence-electron chi connectivity index (χ3n) is 3.04. The maximum atomic E-state index is 13.2. The van der Waals surface area contributed by atoms with Crippen LogP contribution in [0.5, 0.6) is 0 Å². The average Bonchev–Trinajstić information content (AvgIpc) is 2.40. The zero-order valence-corrected chi connectivity index (χ0v) is 12.0. The molecular formula is C14H21F3N2O. The second kappa shape index (κ2) is 7.50. The molecule has 20 heavy (non-hydrogen) atoms. The van der Waals surface area contributed by atoms with Crippen molar-refractivity contribution in [2.45, 2.75) is 19.6 Å². The molecule has 0 aromatic heterocycles. The first kappa shape index (κ1) is 16.8. The molecule has 0 fully saturated rings. The van der Waals surface area contributed by atoms with E-state index in [1.165, 1.54) is 19.2 Å². The van der Waals surface area contributed by atoms with Crippen molar-refractivity contribution in [2.75, 3.05) is 38.8 Å². The Labute approximate surface area is 117 Å². The Hall–Kier alpha value is -1.27. The molecule has 0 spiro atoms.